The number of carbonyl (C=O) groups is 2. The fraction of sp³-hybridized carbons (Fsp3) is 0.816. The molecule has 0 aliphatic heterocycles. The molecule has 5 nitrogen and oxygen atoms in total. The lowest BCUT2D eigenvalue weighted by Gasteiger charge is -2.15. The van der Waals surface area contributed by atoms with Crippen molar-refractivity contribution in [3.8, 4) is 0 Å². The molecule has 0 radical (unpaired) electrons. The molecule has 0 saturated carbocycles. The highest BCUT2D eigenvalue weighted by molar-refractivity contribution is 5.70. The van der Waals surface area contributed by atoms with Gasteiger partial charge in [0.15, 0.2) is 6.10 Å². The Morgan fingerprint density at radius 2 is 0.531 bits per heavy atom. The minimum Gasteiger partial charge on any atom is -0.462 e. The molecule has 81 heavy (non-hydrogen) atoms. The molecule has 1 unspecified atom stereocenters. The normalized spacial score (nSPS) is 12.6. The standard InChI is InChI=1S/C76H138O5/c1-3-5-7-9-11-13-15-17-19-21-23-25-27-29-31-33-35-36-37-38-39-41-42-44-46-48-50-52-54-56-58-60-62-64-66-68-70-75(78)80-73-74(72-77)81-76(79)71-69-67-65-63-61-59-57-55-53-51-49-47-45-43-40-34-32-30-28-26-24-22-20-18-16-14-12-10-8-6-4-2/h6,8,12,14,18,20,24,26,30,32,40,43,74,77H,3-5,7,9-11,13,15-17,19,21-23,25,27-29,31,33-39,41-42,44-73H2,1-2H3/b8-6-,14-12-,20-18-,26-24-,32-30-,43-40-. The zero-order valence-electron chi connectivity index (χ0n) is 54.3. The number of aliphatic hydroxyl groups excluding tert-OH is 1. The predicted molar refractivity (Wildman–Crippen MR) is 357 cm³/mol. The predicted octanol–water partition coefficient (Wildman–Crippen LogP) is 25.0. The van der Waals surface area contributed by atoms with E-state index in [1.807, 2.05) is 0 Å². The molecule has 472 valence electrons. The number of esters is 2. The van der Waals surface area contributed by atoms with Gasteiger partial charge in [0, 0.05) is 12.8 Å². The van der Waals surface area contributed by atoms with Crippen LogP contribution in [0.5, 0.6) is 0 Å². The van der Waals surface area contributed by atoms with Crippen molar-refractivity contribution in [2.24, 2.45) is 0 Å². The lowest BCUT2D eigenvalue weighted by atomic mass is 10.0. The van der Waals surface area contributed by atoms with Crippen LogP contribution >= 0.6 is 0 Å². The number of unbranched alkanes of at least 4 members (excludes halogenated alkanes) is 47. The van der Waals surface area contributed by atoms with Gasteiger partial charge in [-0.3, -0.25) is 9.59 Å². The molecule has 0 amide bonds. The van der Waals surface area contributed by atoms with Crippen LogP contribution in [-0.4, -0.2) is 36.4 Å². The maximum Gasteiger partial charge on any atom is 0.306 e. The number of hydrogen-bond donors (Lipinski definition) is 1. The van der Waals surface area contributed by atoms with Crippen molar-refractivity contribution in [1.29, 1.82) is 0 Å². The van der Waals surface area contributed by atoms with E-state index in [1.54, 1.807) is 0 Å². The first kappa shape index (κ1) is 78.3. The second-order valence-electron chi connectivity index (χ2n) is 24.3. The molecule has 1 atom stereocenters. The Balaban J connectivity index is 3.41. The molecule has 0 aliphatic rings. The third-order valence-corrected chi connectivity index (χ3v) is 16.3. The molecule has 0 rings (SSSR count). The summed E-state index contributed by atoms with van der Waals surface area (Å²) in [5, 5.41) is 9.71. The van der Waals surface area contributed by atoms with Crippen LogP contribution < -0.4 is 0 Å². The van der Waals surface area contributed by atoms with Crippen LogP contribution in [0, 0.1) is 0 Å². The number of rotatable bonds is 67. The van der Waals surface area contributed by atoms with Crippen LogP contribution in [0.1, 0.15) is 380 Å². The average molecular weight is 1130 g/mol. The van der Waals surface area contributed by atoms with E-state index in [4.69, 9.17) is 9.47 Å². The first-order valence-electron chi connectivity index (χ1n) is 36.0. The third kappa shape index (κ3) is 69.7. The molecular formula is C76H138O5. The lowest BCUT2D eigenvalue weighted by Crippen LogP contribution is -2.28. The number of aliphatic hydroxyl groups is 1. The first-order valence-corrected chi connectivity index (χ1v) is 36.0. The van der Waals surface area contributed by atoms with Crippen LogP contribution in [-0.2, 0) is 19.1 Å². The molecule has 0 aromatic carbocycles. The molecule has 0 spiro atoms. The van der Waals surface area contributed by atoms with Crippen molar-refractivity contribution < 1.29 is 24.2 Å². The minimum atomic E-state index is -0.776. The Labute approximate surface area is 505 Å². The Morgan fingerprint density at radius 1 is 0.296 bits per heavy atom. The van der Waals surface area contributed by atoms with Gasteiger partial charge in [0.2, 0.25) is 0 Å². The van der Waals surface area contributed by atoms with Gasteiger partial charge in [-0.1, -0.05) is 376 Å². The molecule has 0 bridgehead atoms. The Morgan fingerprint density at radius 3 is 0.802 bits per heavy atom. The monoisotopic (exact) mass is 1130 g/mol. The number of carbonyl (C=O) groups excluding carboxylic acids is 2. The topological polar surface area (TPSA) is 72.8 Å². The van der Waals surface area contributed by atoms with Gasteiger partial charge >= 0.3 is 11.9 Å². The van der Waals surface area contributed by atoms with E-state index >= 15 is 0 Å². The molecule has 0 heterocycles. The number of allylic oxidation sites excluding steroid dienone is 12. The molecule has 0 aromatic rings. The zero-order chi connectivity index (χ0) is 58.4. The molecule has 1 N–H and O–H groups in total. The Kier molecular flexibility index (Phi) is 69.3. The van der Waals surface area contributed by atoms with Gasteiger partial charge in [-0.05, 0) is 64.2 Å². The summed E-state index contributed by atoms with van der Waals surface area (Å²) in [6.07, 6.45) is 99.5. The fourth-order valence-corrected chi connectivity index (χ4v) is 10.9. The van der Waals surface area contributed by atoms with Crippen LogP contribution in [0.3, 0.4) is 0 Å². The van der Waals surface area contributed by atoms with E-state index in [-0.39, 0.29) is 25.2 Å². The molecular weight excluding hydrogens is 993 g/mol. The van der Waals surface area contributed by atoms with Crippen LogP contribution in [0.2, 0.25) is 0 Å². The maximum atomic E-state index is 12.4. The van der Waals surface area contributed by atoms with Gasteiger partial charge < -0.3 is 14.6 Å². The first-order chi connectivity index (χ1) is 40.1. The van der Waals surface area contributed by atoms with Gasteiger partial charge in [-0.15, -0.1) is 0 Å². The highest BCUT2D eigenvalue weighted by Crippen LogP contribution is 2.19. The third-order valence-electron chi connectivity index (χ3n) is 16.3. The zero-order valence-corrected chi connectivity index (χ0v) is 54.3. The van der Waals surface area contributed by atoms with Gasteiger partial charge in [0.1, 0.15) is 6.61 Å². The minimum absolute atomic E-state index is 0.0644. The van der Waals surface area contributed by atoms with Crippen molar-refractivity contribution in [3.05, 3.63) is 72.9 Å². The average Bonchev–Trinajstić information content (AvgIpc) is 3.47. The number of hydrogen-bond acceptors (Lipinski definition) is 5. The van der Waals surface area contributed by atoms with Crippen molar-refractivity contribution in [3.63, 3.8) is 0 Å². The molecule has 0 fully saturated rings. The maximum absolute atomic E-state index is 12.4. The van der Waals surface area contributed by atoms with Gasteiger partial charge in [-0.25, -0.2) is 0 Å². The van der Waals surface area contributed by atoms with E-state index in [0.29, 0.717) is 12.8 Å². The smallest absolute Gasteiger partial charge is 0.306 e. The Bertz CT molecular complexity index is 1420. The second-order valence-corrected chi connectivity index (χ2v) is 24.3. The van der Waals surface area contributed by atoms with Crippen molar-refractivity contribution in [2.75, 3.05) is 13.2 Å². The molecule has 0 saturated heterocycles. The summed E-state index contributed by atoms with van der Waals surface area (Å²) < 4.78 is 10.8. The van der Waals surface area contributed by atoms with Crippen molar-refractivity contribution in [1.82, 2.24) is 0 Å². The van der Waals surface area contributed by atoms with Crippen LogP contribution in [0.15, 0.2) is 72.9 Å². The van der Waals surface area contributed by atoms with Gasteiger partial charge in [0.25, 0.3) is 0 Å². The highest BCUT2D eigenvalue weighted by atomic mass is 16.6. The SMILES string of the molecule is CC/C=C\C/C=C\C/C=C\C/C=C\C/C=C\C/C=C\CCCCCCCCCCCCCCC(=O)OC(CO)COC(=O)CCCCCCCCCCCCCCCCCCCCCCCCCCCCCCCCCCCCCC. The van der Waals surface area contributed by atoms with E-state index in [0.717, 1.165) is 77.0 Å². The summed E-state index contributed by atoms with van der Waals surface area (Å²) in [7, 11) is 0. The molecule has 5 heteroatoms. The fourth-order valence-electron chi connectivity index (χ4n) is 10.9. The summed E-state index contributed by atoms with van der Waals surface area (Å²) in [5.74, 6) is -0.576. The quantitative estimate of drug-likeness (QED) is 0.0373. The Hall–Kier alpha value is -2.66. The summed E-state index contributed by atoms with van der Waals surface area (Å²) in [6.45, 7) is 4.08. The molecule has 0 aromatic heterocycles. The lowest BCUT2D eigenvalue weighted by molar-refractivity contribution is -0.161. The largest absolute Gasteiger partial charge is 0.462 e. The van der Waals surface area contributed by atoms with Gasteiger partial charge in [-0.2, -0.15) is 0 Å². The van der Waals surface area contributed by atoms with Crippen molar-refractivity contribution >= 4 is 11.9 Å². The van der Waals surface area contributed by atoms with E-state index in [2.05, 4.69) is 86.8 Å². The summed E-state index contributed by atoms with van der Waals surface area (Å²) in [6, 6.07) is 0. The van der Waals surface area contributed by atoms with Gasteiger partial charge in [0.05, 0.1) is 6.61 Å². The van der Waals surface area contributed by atoms with Crippen LogP contribution in [0.4, 0.5) is 0 Å². The second kappa shape index (κ2) is 71.6. The van der Waals surface area contributed by atoms with E-state index < -0.39 is 6.10 Å². The number of ether oxygens (including phenoxy) is 2. The molecule has 0 aliphatic carbocycles. The van der Waals surface area contributed by atoms with E-state index in [1.165, 1.54) is 276 Å². The van der Waals surface area contributed by atoms with E-state index in [9.17, 15) is 14.7 Å². The summed E-state index contributed by atoms with van der Waals surface area (Å²) in [4.78, 5) is 24.7. The highest BCUT2D eigenvalue weighted by Gasteiger charge is 2.16. The summed E-state index contributed by atoms with van der Waals surface area (Å²) >= 11 is 0. The van der Waals surface area contributed by atoms with Crippen molar-refractivity contribution in [2.45, 2.75) is 386 Å². The summed E-state index contributed by atoms with van der Waals surface area (Å²) in [5.41, 5.74) is 0. The van der Waals surface area contributed by atoms with Crippen LogP contribution in [0.25, 0.3) is 0 Å².